The van der Waals surface area contributed by atoms with E-state index in [1.165, 1.54) is 44.9 Å². The Kier molecular flexibility index (Phi) is 10.8. The first-order valence-electron chi connectivity index (χ1n) is 9.60. The van der Waals surface area contributed by atoms with E-state index in [0.29, 0.717) is 23.7 Å². The van der Waals surface area contributed by atoms with Crippen LogP contribution in [0.25, 0.3) is 0 Å². The zero-order valence-electron chi connectivity index (χ0n) is 16.3. The molecule has 0 fully saturated rings. The molecule has 0 N–H and O–H groups in total. The van der Waals surface area contributed by atoms with Gasteiger partial charge in [-0.1, -0.05) is 51.9 Å². The highest BCUT2D eigenvalue weighted by molar-refractivity contribution is 5.90. The normalized spacial score (nSPS) is 10.8. The molecule has 4 heteroatoms. The summed E-state index contributed by atoms with van der Waals surface area (Å²) in [5.74, 6) is 0.896. The monoisotopic (exact) mass is 350 g/mol. The van der Waals surface area contributed by atoms with Crippen molar-refractivity contribution in [2.24, 2.45) is 0 Å². The molecule has 1 rings (SSSR count). The van der Waals surface area contributed by atoms with Gasteiger partial charge in [-0.25, -0.2) is 4.79 Å². The van der Waals surface area contributed by atoms with E-state index in [4.69, 9.17) is 14.2 Å². The molecule has 0 aliphatic heterocycles. The van der Waals surface area contributed by atoms with E-state index in [1.54, 1.807) is 25.3 Å². The fourth-order valence-corrected chi connectivity index (χ4v) is 2.61. The molecule has 0 aliphatic rings. The quantitative estimate of drug-likeness (QED) is 0.334. The fourth-order valence-electron chi connectivity index (χ4n) is 2.61. The maximum absolute atomic E-state index is 11.9. The molecule has 0 spiro atoms. The largest absolute Gasteiger partial charge is 0.493 e. The maximum Gasteiger partial charge on any atom is 0.338 e. The van der Waals surface area contributed by atoms with Crippen molar-refractivity contribution < 1.29 is 19.0 Å². The summed E-state index contributed by atoms with van der Waals surface area (Å²) in [6, 6.07) is 5.17. The number of ether oxygens (including phenoxy) is 3. The van der Waals surface area contributed by atoms with Gasteiger partial charge >= 0.3 is 5.97 Å². The lowest BCUT2D eigenvalue weighted by Gasteiger charge is -2.13. The summed E-state index contributed by atoms with van der Waals surface area (Å²) >= 11 is 0. The molecule has 0 radical (unpaired) electrons. The lowest BCUT2D eigenvalue weighted by atomic mass is 10.1. The van der Waals surface area contributed by atoms with Crippen molar-refractivity contribution in [2.75, 3.05) is 13.7 Å². The van der Waals surface area contributed by atoms with Gasteiger partial charge in [0.05, 0.1) is 25.4 Å². The molecule has 0 saturated carbocycles. The topological polar surface area (TPSA) is 44.8 Å². The zero-order valence-corrected chi connectivity index (χ0v) is 16.3. The predicted molar refractivity (Wildman–Crippen MR) is 102 cm³/mol. The molecule has 142 valence electrons. The first kappa shape index (κ1) is 21.3. The smallest absolute Gasteiger partial charge is 0.338 e. The molecule has 0 unspecified atom stereocenters. The summed E-state index contributed by atoms with van der Waals surface area (Å²) in [5.41, 5.74) is 0.477. The molecule has 0 amide bonds. The van der Waals surface area contributed by atoms with E-state index >= 15 is 0 Å². The molecule has 0 aromatic heterocycles. The van der Waals surface area contributed by atoms with Crippen LogP contribution < -0.4 is 9.47 Å². The third kappa shape index (κ3) is 8.80. The molecule has 25 heavy (non-hydrogen) atoms. The van der Waals surface area contributed by atoms with Crippen LogP contribution in [0.5, 0.6) is 11.5 Å². The highest BCUT2D eigenvalue weighted by Crippen LogP contribution is 2.28. The Morgan fingerprint density at radius 3 is 2.20 bits per heavy atom. The predicted octanol–water partition coefficient (Wildman–Crippen LogP) is 5.78. The molecule has 4 nitrogen and oxygen atoms in total. The van der Waals surface area contributed by atoms with Gasteiger partial charge in [0, 0.05) is 0 Å². The Hall–Kier alpha value is -1.71. The van der Waals surface area contributed by atoms with E-state index in [1.807, 2.05) is 13.8 Å². The van der Waals surface area contributed by atoms with Gasteiger partial charge in [-0.2, -0.15) is 0 Å². The van der Waals surface area contributed by atoms with Crippen molar-refractivity contribution in [1.82, 2.24) is 0 Å². The van der Waals surface area contributed by atoms with Crippen LogP contribution in [-0.4, -0.2) is 25.8 Å². The number of hydrogen-bond acceptors (Lipinski definition) is 4. The molecular formula is C21H34O4. The van der Waals surface area contributed by atoms with Crippen LogP contribution in [0.4, 0.5) is 0 Å². The van der Waals surface area contributed by atoms with E-state index in [2.05, 4.69) is 6.92 Å². The maximum atomic E-state index is 11.9. The van der Waals surface area contributed by atoms with Gasteiger partial charge in [0.1, 0.15) is 0 Å². The molecular weight excluding hydrogens is 316 g/mol. The van der Waals surface area contributed by atoms with Crippen molar-refractivity contribution in [3.05, 3.63) is 23.8 Å². The third-order valence-electron chi connectivity index (χ3n) is 4.00. The zero-order chi connectivity index (χ0) is 18.5. The minimum Gasteiger partial charge on any atom is -0.493 e. The standard InChI is InChI=1S/C21H34O4/c1-5-6-7-8-9-10-11-12-15-24-19-14-13-18(16-20(19)23-4)21(22)25-17(2)3/h13-14,16-17H,5-12,15H2,1-4H3. The second-order valence-corrected chi connectivity index (χ2v) is 6.64. The van der Waals surface area contributed by atoms with Gasteiger partial charge in [0.2, 0.25) is 0 Å². The first-order valence-corrected chi connectivity index (χ1v) is 9.60. The Morgan fingerprint density at radius 1 is 0.960 bits per heavy atom. The van der Waals surface area contributed by atoms with Gasteiger partial charge in [0.15, 0.2) is 11.5 Å². The molecule has 0 aliphatic carbocycles. The van der Waals surface area contributed by atoms with E-state index in [0.717, 1.165) is 6.42 Å². The second kappa shape index (κ2) is 12.6. The van der Waals surface area contributed by atoms with Gasteiger partial charge in [-0.15, -0.1) is 0 Å². The summed E-state index contributed by atoms with van der Waals surface area (Å²) in [6.07, 6.45) is 10.0. The molecule has 0 heterocycles. The Bertz CT molecular complexity index is 497. The number of rotatable bonds is 13. The lowest BCUT2D eigenvalue weighted by molar-refractivity contribution is 0.0377. The average molecular weight is 350 g/mol. The molecule has 1 aromatic rings. The summed E-state index contributed by atoms with van der Waals surface area (Å²) in [5, 5.41) is 0. The minimum absolute atomic E-state index is 0.142. The number of benzene rings is 1. The fraction of sp³-hybridized carbons (Fsp3) is 0.667. The summed E-state index contributed by atoms with van der Waals surface area (Å²) in [4.78, 5) is 11.9. The number of unbranched alkanes of at least 4 members (excludes halogenated alkanes) is 7. The highest BCUT2D eigenvalue weighted by atomic mass is 16.5. The van der Waals surface area contributed by atoms with Crippen LogP contribution in [0.2, 0.25) is 0 Å². The van der Waals surface area contributed by atoms with Crippen molar-refractivity contribution in [3.8, 4) is 11.5 Å². The van der Waals surface area contributed by atoms with Crippen LogP contribution in [-0.2, 0) is 4.74 Å². The second-order valence-electron chi connectivity index (χ2n) is 6.64. The number of esters is 1. The van der Waals surface area contributed by atoms with Crippen molar-refractivity contribution in [1.29, 1.82) is 0 Å². The lowest BCUT2D eigenvalue weighted by Crippen LogP contribution is -2.11. The molecule has 0 bridgehead atoms. The highest BCUT2D eigenvalue weighted by Gasteiger charge is 2.13. The summed E-state index contributed by atoms with van der Waals surface area (Å²) in [7, 11) is 1.58. The summed E-state index contributed by atoms with van der Waals surface area (Å²) in [6.45, 7) is 6.57. The SMILES string of the molecule is CCCCCCCCCCOc1ccc(C(=O)OC(C)C)cc1OC. The van der Waals surface area contributed by atoms with Crippen LogP contribution >= 0.6 is 0 Å². The van der Waals surface area contributed by atoms with Crippen LogP contribution in [0, 0.1) is 0 Å². The molecule has 0 atom stereocenters. The van der Waals surface area contributed by atoms with Gasteiger partial charge in [0.25, 0.3) is 0 Å². The van der Waals surface area contributed by atoms with Crippen LogP contribution in [0.3, 0.4) is 0 Å². The summed E-state index contributed by atoms with van der Waals surface area (Å²) < 4.78 is 16.4. The van der Waals surface area contributed by atoms with Crippen LogP contribution in [0.1, 0.15) is 82.5 Å². The number of carbonyl (C=O) groups excluding carboxylic acids is 1. The molecule has 1 aromatic carbocycles. The van der Waals surface area contributed by atoms with Gasteiger partial charge in [-0.05, 0) is 38.5 Å². The number of carbonyl (C=O) groups is 1. The van der Waals surface area contributed by atoms with E-state index in [-0.39, 0.29) is 12.1 Å². The Balaban J connectivity index is 2.35. The van der Waals surface area contributed by atoms with Gasteiger partial charge < -0.3 is 14.2 Å². The minimum atomic E-state index is -0.345. The average Bonchev–Trinajstić information content (AvgIpc) is 2.59. The van der Waals surface area contributed by atoms with E-state index < -0.39 is 0 Å². The van der Waals surface area contributed by atoms with Gasteiger partial charge in [-0.3, -0.25) is 0 Å². The van der Waals surface area contributed by atoms with E-state index in [9.17, 15) is 4.79 Å². The Morgan fingerprint density at radius 2 is 1.60 bits per heavy atom. The third-order valence-corrected chi connectivity index (χ3v) is 4.00. The van der Waals surface area contributed by atoms with Crippen molar-refractivity contribution in [3.63, 3.8) is 0 Å². The van der Waals surface area contributed by atoms with Crippen molar-refractivity contribution in [2.45, 2.75) is 78.2 Å². The number of methoxy groups -OCH3 is 1. The van der Waals surface area contributed by atoms with Crippen LogP contribution in [0.15, 0.2) is 18.2 Å². The molecule has 0 saturated heterocycles. The first-order chi connectivity index (χ1) is 12.1. The number of hydrogen-bond donors (Lipinski definition) is 0. The Labute approximate surface area is 152 Å². The van der Waals surface area contributed by atoms with Crippen molar-refractivity contribution >= 4 is 5.97 Å².